The van der Waals surface area contributed by atoms with E-state index in [-0.39, 0.29) is 12.2 Å². The molecule has 1 heterocycles. The molecule has 0 saturated carbocycles. The van der Waals surface area contributed by atoms with Gasteiger partial charge in [0.15, 0.2) is 11.6 Å². The van der Waals surface area contributed by atoms with Crippen molar-refractivity contribution in [3.63, 3.8) is 0 Å². The number of hydrogen-bond donors (Lipinski definition) is 1. The summed E-state index contributed by atoms with van der Waals surface area (Å²) in [5.74, 6) is -0.385. The Bertz CT molecular complexity index is 436. The zero-order chi connectivity index (χ0) is 14.5. The van der Waals surface area contributed by atoms with Gasteiger partial charge >= 0.3 is 0 Å². The first-order valence-electron chi connectivity index (χ1n) is 6.68. The third-order valence-corrected chi connectivity index (χ3v) is 3.55. The molecule has 1 N–H and O–H groups in total. The van der Waals surface area contributed by atoms with Crippen molar-refractivity contribution in [3.8, 4) is 5.75 Å². The second-order valence-corrected chi connectivity index (χ2v) is 4.82. The molecule has 2 rings (SSSR count). The van der Waals surface area contributed by atoms with Crippen molar-refractivity contribution >= 4 is 0 Å². The van der Waals surface area contributed by atoms with E-state index in [0.29, 0.717) is 18.7 Å². The van der Waals surface area contributed by atoms with Crippen molar-refractivity contribution < 1.29 is 17.9 Å². The van der Waals surface area contributed by atoms with E-state index in [9.17, 15) is 13.2 Å². The molecule has 6 heteroatoms. The van der Waals surface area contributed by atoms with Gasteiger partial charge in [0.1, 0.15) is 0 Å². The van der Waals surface area contributed by atoms with Crippen LogP contribution in [0.4, 0.5) is 13.2 Å². The zero-order valence-electron chi connectivity index (χ0n) is 11.4. The standard InChI is InChI=1S/C14H19F3N2O/c1-20-13-8-10(2-3-11(13)15)12(9-14(16)17)19-6-4-18-5-7-19/h2-3,8,12,14,18H,4-7,9H2,1H3/t12-/m0/s1. The molecule has 0 aromatic heterocycles. The van der Waals surface area contributed by atoms with Crippen molar-refractivity contribution in [2.24, 2.45) is 0 Å². The molecular weight excluding hydrogens is 269 g/mol. The number of nitrogens with one attached hydrogen (secondary N) is 1. The lowest BCUT2D eigenvalue weighted by Gasteiger charge is -2.35. The van der Waals surface area contributed by atoms with Crippen LogP contribution in [0, 0.1) is 5.82 Å². The van der Waals surface area contributed by atoms with E-state index >= 15 is 0 Å². The van der Waals surface area contributed by atoms with Crippen molar-refractivity contribution in [1.82, 2.24) is 10.2 Å². The normalized spacial score (nSPS) is 18.2. The van der Waals surface area contributed by atoms with Crippen LogP contribution in [0.3, 0.4) is 0 Å². The van der Waals surface area contributed by atoms with E-state index in [0.717, 1.165) is 13.1 Å². The monoisotopic (exact) mass is 288 g/mol. The summed E-state index contributed by atoms with van der Waals surface area (Å²) in [6, 6.07) is 3.94. The highest BCUT2D eigenvalue weighted by Gasteiger charge is 2.26. The molecule has 1 aliphatic heterocycles. The van der Waals surface area contributed by atoms with Gasteiger partial charge in [0.25, 0.3) is 0 Å². The Labute approximate surface area is 116 Å². The zero-order valence-corrected chi connectivity index (χ0v) is 11.4. The lowest BCUT2D eigenvalue weighted by atomic mass is 10.0. The number of benzene rings is 1. The molecule has 1 aromatic rings. The number of hydrogen-bond acceptors (Lipinski definition) is 3. The van der Waals surface area contributed by atoms with Crippen LogP contribution < -0.4 is 10.1 Å². The topological polar surface area (TPSA) is 24.5 Å². The first kappa shape index (κ1) is 15.1. The summed E-state index contributed by atoms with van der Waals surface area (Å²) in [4.78, 5) is 2.01. The van der Waals surface area contributed by atoms with Crippen molar-refractivity contribution in [1.29, 1.82) is 0 Å². The Hall–Kier alpha value is -1.27. The number of rotatable bonds is 5. The Balaban J connectivity index is 2.24. The third kappa shape index (κ3) is 3.64. The first-order chi connectivity index (χ1) is 9.61. The predicted octanol–water partition coefficient (Wildman–Crippen LogP) is 2.44. The predicted molar refractivity (Wildman–Crippen MR) is 70.8 cm³/mol. The lowest BCUT2D eigenvalue weighted by Crippen LogP contribution is -2.45. The maximum absolute atomic E-state index is 13.4. The molecule has 112 valence electrons. The molecule has 1 aliphatic rings. The highest BCUT2D eigenvalue weighted by molar-refractivity contribution is 5.32. The van der Waals surface area contributed by atoms with Crippen molar-refractivity contribution in [2.45, 2.75) is 18.9 Å². The molecule has 1 aromatic carbocycles. The molecule has 1 atom stereocenters. The molecule has 0 bridgehead atoms. The van der Waals surface area contributed by atoms with Gasteiger partial charge in [0, 0.05) is 38.6 Å². The Kier molecular flexibility index (Phi) is 5.25. The molecule has 0 amide bonds. The average Bonchev–Trinajstić information content (AvgIpc) is 2.46. The maximum atomic E-state index is 13.4. The van der Waals surface area contributed by atoms with E-state index in [1.54, 1.807) is 6.07 Å². The SMILES string of the molecule is COc1cc([C@H](CC(F)F)N2CCNCC2)ccc1F. The van der Waals surface area contributed by atoms with Gasteiger partial charge < -0.3 is 10.1 Å². The van der Waals surface area contributed by atoms with Gasteiger partial charge in [-0.25, -0.2) is 13.2 Å². The number of ether oxygens (including phenoxy) is 1. The summed E-state index contributed by atoms with van der Waals surface area (Å²) in [6.07, 6.45) is -2.65. The van der Waals surface area contributed by atoms with Gasteiger partial charge in [-0.2, -0.15) is 0 Å². The van der Waals surface area contributed by atoms with E-state index in [4.69, 9.17) is 4.74 Å². The maximum Gasteiger partial charge on any atom is 0.240 e. The van der Waals surface area contributed by atoms with Crippen LogP contribution in [-0.4, -0.2) is 44.6 Å². The van der Waals surface area contributed by atoms with Gasteiger partial charge in [-0.1, -0.05) is 6.07 Å². The minimum absolute atomic E-state index is 0.0944. The Morgan fingerprint density at radius 3 is 2.60 bits per heavy atom. The number of nitrogens with zero attached hydrogens (tertiary/aromatic N) is 1. The average molecular weight is 288 g/mol. The largest absolute Gasteiger partial charge is 0.494 e. The summed E-state index contributed by atoms with van der Waals surface area (Å²) in [7, 11) is 1.37. The van der Waals surface area contributed by atoms with Gasteiger partial charge in [0.2, 0.25) is 6.43 Å². The molecule has 1 saturated heterocycles. The number of piperazine rings is 1. The van der Waals surface area contributed by atoms with Gasteiger partial charge in [0.05, 0.1) is 7.11 Å². The van der Waals surface area contributed by atoms with Gasteiger partial charge in [-0.05, 0) is 17.7 Å². The number of halogens is 3. The fraction of sp³-hybridized carbons (Fsp3) is 0.571. The van der Waals surface area contributed by atoms with E-state index in [1.165, 1.54) is 19.2 Å². The minimum atomic E-state index is -2.40. The third-order valence-electron chi connectivity index (χ3n) is 3.55. The Morgan fingerprint density at radius 1 is 1.30 bits per heavy atom. The summed E-state index contributed by atoms with van der Waals surface area (Å²) < 4.78 is 44.1. The molecule has 0 spiro atoms. The summed E-state index contributed by atoms with van der Waals surface area (Å²) >= 11 is 0. The Morgan fingerprint density at radius 2 is 2.00 bits per heavy atom. The summed E-state index contributed by atoms with van der Waals surface area (Å²) in [5, 5.41) is 3.19. The van der Waals surface area contributed by atoms with Crippen LogP contribution in [0.25, 0.3) is 0 Å². The fourth-order valence-corrected chi connectivity index (χ4v) is 2.54. The second kappa shape index (κ2) is 6.95. The molecule has 3 nitrogen and oxygen atoms in total. The van der Waals surface area contributed by atoms with Crippen LogP contribution in [0.15, 0.2) is 18.2 Å². The number of alkyl halides is 2. The first-order valence-corrected chi connectivity index (χ1v) is 6.68. The fourth-order valence-electron chi connectivity index (χ4n) is 2.54. The van der Waals surface area contributed by atoms with Crippen LogP contribution in [-0.2, 0) is 0 Å². The molecule has 0 radical (unpaired) electrons. The molecule has 0 aliphatic carbocycles. The quantitative estimate of drug-likeness (QED) is 0.900. The van der Waals surface area contributed by atoms with Gasteiger partial charge in [-0.3, -0.25) is 4.90 Å². The molecular formula is C14H19F3N2O. The second-order valence-electron chi connectivity index (χ2n) is 4.82. The highest BCUT2D eigenvalue weighted by atomic mass is 19.3. The highest BCUT2D eigenvalue weighted by Crippen LogP contribution is 2.31. The van der Waals surface area contributed by atoms with Crippen molar-refractivity contribution in [3.05, 3.63) is 29.6 Å². The van der Waals surface area contributed by atoms with Crippen LogP contribution in [0.2, 0.25) is 0 Å². The van der Waals surface area contributed by atoms with E-state index in [2.05, 4.69) is 5.32 Å². The van der Waals surface area contributed by atoms with Crippen LogP contribution in [0.5, 0.6) is 5.75 Å². The van der Waals surface area contributed by atoms with Gasteiger partial charge in [-0.15, -0.1) is 0 Å². The van der Waals surface area contributed by atoms with E-state index < -0.39 is 18.3 Å². The van der Waals surface area contributed by atoms with Crippen molar-refractivity contribution in [2.75, 3.05) is 33.3 Å². The minimum Gasteiger partial charge on any atom is -0.494 e. The number of methoxy groups -OCH3 is 1. The molecule has 20 heavy (non-hydrogen) atoms. The summed E-state index contributed by atoms with van der Waals surface area (Å²) in [6.45, 7) is 2.96. The van der Waals surface area contributed by atoms with Crippen LogP contribution >= 0.6 is 0 Å². The molecule has 1 fully saturated rings. The summed E-state index contributed by atoms with van der Waals surface area (Å²) in [5.41, 5.74) is 0.672. The van der Waals surface area contributed by atoms with Crippen LogP contribution in [0.1, 0.15) is 18.0 Å². The van der Waals surface area contributed by atoms with E-state index in [1.807, 2.05) is 4.90 Å². The molecule has 0 unspecified atom stereocenters. The smallest absolute Gasteiger partial charge is 0.240 e. The lowest BCUT2D eigenvalue weighted by molar-refractivity contribution is 0.0738.